The van der Waals surface area contributed by atoms with Gasteiger partial charge < -0.3 is 10.6 Å². The van der Waals surface area contributed by atoms with Crippen LogP contribution in [0.1, 0.15) is 18.1 Å². The first-order valence-corrected chi connectivity index (χ1v) is 7.51. The Bertz CT molecular complexity index is 791. The number of rotatable bonds is 4. The van der Waals surface area contributed by atoms with Crippen LogP contribution in [-0.2, 0) is 0 Å². The van der Waals surface area contributed by atoms with E-state index in [4.69, 9.17) is 0 Å². The lowest BCUT2D eigenvalue weighted by Gasteiger charge is -2.11. The molecule has 4 heteroatoms. The summed E-state index contributed by atoms with van der Waals surface area (Å²) in [6, 6.07) is 14.4. The van der Waals surface area contributed by atoms with Gasteiger partial charge in [0.2, 0.25) is 5.95 Å². The Hall–Kier alpha value is -2.62. The van der Waals surface area contributed by atoms with Crippen LogP contribution in [0.15, 0.2) is 42.5 Å². The molecular formula is C18H20N4. The van der Waals surface area contributed by atoms with Crippen LogP contribution in [0.2, 0.25) is 0 Å². The first-order valence-electron chi connectivity index (χ1n) is 7.51. The predicted octanol–water partition coefficient (Wildman–Crippen LogP) is 4.42. The fraction of sp³-hybridized carbons (Fsp3) is 0.222. The molecule has 1 heterocycles. The molecule has 22 heavy (non-hydrogen) atoms. The standard InChI is InChI=1S/C18H20N4/c1-4-19-17-15-7-5-6-8-16(15)21-18(22-17)20-14-10-12(2)9-13(3)11-14/h5-11H,4H2,1-3H3,(H2,19,20,21,22). The van der Waals surface area contributed by atoms with Crippen molar-refractivity contribution in [3.63, 3.8) is 0 Å². The number of nitrogens with one attached hydrogen (secondary N) is 2. The summed E-state index contributed by atoms with van der Waals surface area (Å²) in [5, 5.41) is 7.66. The lowest BCUT2D eigenvalue weighted by atomic mass is 10.1. The molecule has 0 saturated carbocycles. The van der Waals surface area contributed by atoms with E-state index in [9.17, 15) is 0 Å². The number of aryl methyl sites for hydroxylation is 2. The Morgan fingerprint density at radius 1 is 0.955 bits per heavy atom. The SMILES string of the molecule is CCNc1nc(Nc2cc(C)cc(C)c2)nc2ccccc12. The highest BCUT2D eigenvalue weighted by molar-refractivity contribution is 5.90. The van der Waals surface area contributed by atoms with Gasteiger partial charge in [0, 0.05) is 17.6 Å². The van der Waals surface area contributed by atoms with Gasteiger partial charge in [0.15, 0.2) is 0 Å². The minimum absolute atomic E-state index is 0.611. The van der Waals surface area contributed by atoms with E-state index >= 15 is 0 Å². The maximum absolute atomic E-state index is 4.61. The molecule has 0 aliphatic rings. The number of para-hydroxylation sites is 1. The molecule has 4 nitrogen and oxygen atoms in total. The van der Waals surface area contributed by atoms with Crippen molar-refractivity contribution in [2.24, 2.45) is 0 Å². The maximum atomic E-state index is 4.61. The van der Waals surface area contributed by atoms with E-state index in [0.29, 0.717) is 5.95 Å². The van der Waals surface area contributed by atoms with E-state index in [1.54, 1.807) is 0 Å². The molecule has 0 saturated heterocycles. The molecule has 112 valence electrons. The second-order valence-corrected chi connectivity index (χ2v) is 5.44. The van der Waals surface area contributed by atoms with Gasteiger partial charge >= 0.3 is 0 Å². The highest BCUT2D eigenvalue weighted by Crippen LogP contribution is 2.24. The van der Waals surface area contributed by atoms with Crippen molar-refractivity contribution in [1.82, 2.24) is 9.97 Å². The topological polar surface area (TPSA) is 49.8 Å². The third-order valence-electron chi connectivity index (χ3n) is 3.43. The number of hydrogen-bond donors (Lipinski definition) is 2. The number of anilines is 3. The van der Waals surface area contributed by atoms with E-state index < -0.39 is 0 Å². The molecular weight excluding hydrogens is 272 g/mol. The average Bonchev–Trinajstić information content (AvgIpc) is 2.46. The Morgan fingerprint density at radius 2 is 1.68 bits per heavy atom. The fourth-order valence-corrected chi connectivity index (χ4v) is 2.61. The Kier molecular flexibility index (Phi) is 3.92. The Labute approximate surface area is 130 Å². The van der Waals surface area contributed by atoms with Crippen molar-refractivity contribution in [3.05, 3.63) is 53.6 Å². The lowest BCUT2D eigenvalue weighted by molar-refractivity contribution is 1.14. The summed E-state index contributed by atoms with van der Waals surface area (Å²) in [6.45, 7) is 7.06. The Balaban J connectivity index is 2.03. The van der Waals surface area contributed by atoms with Crippen LogP contribution in [0.4, 0.5) is 17.5 Å². The highest BCUT2D eigenvalue weighted by atomic mass is 15.1. The number of fused-ring (bicyclic) bond motifs is 1. The van der Waals surface area contributed by atoms with Crippen LogP contribution in [0.25, 0.3) is 10.9 Å². The van der Waals surface area contributed by atoms with Crippen molar-refractivity contribution >= 4 is 28.4 Å². The second kappa shape index (κ2) is 6.02. The smallest absolute Gasteiger partial charge is 0.229 e. The molecule has 0 atom stereocenters. The number of benzene rings is 2. The fourth-order valence-electron chi connectivity index (χ4n) is 2.61. The van der Waals surface area contributed by atoms with Gasteiger partial charge in [-0.15, -0.1) is 0 Å². The van der Waals surface area contributed by atoms with Gasteiger partial charge in [-0.2, -0.15) is 4.98 Å². The van der Waals surface area contributed by atoms with Crippen LogP contribution in [0.3, 0.4) is 0 Å². The number of nitrogens with zero attached hydrogens (tertiary/aromatic N) is 2. The van der Waals surface area contributed by atoms with Crippen LogP contribution in [0.5, 0.6) is 0 Å². The molecule has 0 aliphatic carbocycles. The van der Waals surface area contributed by atoms with Crippen LogP contribution in [-0.4, -0.2) is 16.5 Å². The monoisotopic (exact) mass is 292 g/mol. The molecule has 0 bridgehead atoms. The quantitative estimate of drug-likeness (QED) is 0.747. The van der Waals surface area contributed by atoms with Crippen LogP contribution in [0, 0.1) is 13.8 Å². The third-order valence-corrected chi connectivity index (χ3v) is 3.43. The van der Waals surface area contributed by atoms with E-state index in [1.807, 2.05) is 24.3 Å². The van der Waals surface area contributed by atoms with Crippen LogP contribution >= 0.6 is 0 Å². The van der Waals surface area contributed by atoms with Gasteiger partial charge in [0.05, 0.1) is 5.52 Å². The molecule has 0 radical (unpaired) electrons. The maximum Gasteiger partial charge on any atom is 0.229 e. The normalized spacial score (nSPS) is 10.7. The zero-order valence-electron chi connectivity index (χ0n) is 13.1. The second-order valence-electron chi connectivity index (χ2n) is 5.44. The van der Waals surface area contributed by atoms with E-state index in [-0.39, 0.29) is 0 Å². The van der Waals surface area contributed by atoms with Gasteiger partial charge in [0.1, 0.15) is 5.82 Å². The van der Waals surface area contributed by atoms with Gasteiger partial charge in [0.25, 0.3) is 0 Å². The average molecular weight is 292 g/mol. The summed E-state index contributed by atoms with van der Waals surface area (Å²) < 4.78 is 0. The molecule has 3 aromatic rings. The molecule has 0 spiro atoms. The van der Waals surface area contributed by atoms with Gasteiger partial charge in [-0.05, 0) is 56.2 Å². The summed E-state index contributed by atoms with van der Waals surface area (Å²) in [4.78, 5) is 9.22. The summed E-state index contributed by atoms with van der Waals surface area (Å²) in [5.41, 5.74) is 4.38. The molecule has 0 aliphatic heterocycles. The highest BCUT2D eigenvalue weighted by Gasteiger charge is 2.07. The van der Waals surface area contributed by atoms with Crippen molar-refractivity contribution < 1.29 is 0 Å². The van der Waals surface area contributed by atoms with Crippen molar-refractivity contribution in [2.75, 3.05) is 17.2 Å². The molecule has 3 rings (SSSR count). The van der Waals surface area contributed by atoms with Gasteiger partial charge in [-0.1, -0.05) is 18.2 Å². The molecule has 1 aromatic heterocycles. The lowest BCUT2D eigenvalue weighted by Crippen LogP contribution is -2.05. The summed E-state index contributed by atoms with van der Waals surface area (Å²) in [5.74, 6) is 1.47. The third kappa shape index (κ3) is 3.01. The Morgan fingerprint density at radius 3 is 2.41 bits per heavy atom. The van der Waals surface area contributed by atoms with E-state index in [2.05, 4.69) is 59.6 Å². The minimum Gasteiger partial charge on any atom is -0.370 e. The summed E-state index contributed by atoms with van der Waals surface area (Å²) in [7, 11) is 0. The van der Waals surface area contributed by atoms with Crippen molar-refractivity contribution in [1.29, 1.82) is 0 Å². The molecule has 0 amide bonds. The first-order chi connectivity index (χ1) is 10.7. The predicted molar refractivity (Wildman–Crippen MR) is 92.9 cm³/mol. The molecule has 2 aromatic carbocycles. The first kappa shape index (κ1) is 14.3. The zero-order valence-corrected chi connectivity index (χ0v) is 13.1. The molecule has 2 N–H and O–H groups in total. The minimum atomic E-state index is 0.611. The number of hydrogen-bond acceptors (Lipinski definition) is 4. The summed E-state index contributed by atoms with van der Waals surface area (Å²) >= 11 is 0. The molecule has 0 fully saturated rings. The largest absolute Gasteiger partial charge is 0.370 e. The van der Waals surface area contributed by atoms with E-state index in [0.717, 1.165) is 29.0 Å². The summed E-state index contributed by atoms with van der Waals surface area (Å²) in [6.07, 6.45) is 0. The number of aromatic nitrogens is 2. The zero-order chi connectivity index (χ0) is 15.5. The van der Waals surface area contributed by atoms with Gasteiger partial charge in [-0.25, -0.2) is 4.98 Å². The van der Waals surface area contributed by atoms with Crippen LogP contribution < -0.4 is 10.6 Å². The van der Waals surface area contributed by atoms with Gasteiger partial charge in [-0.3, -0.25) is 0 Å². The van der Waals surface area contributed by atoms with Crippen molar-refractivity contribution in [2.45, 2.75) is 20.8 Å². The van der Waals surface area contributed by atoms with E-state index in [1.165, 1.54) is 11.1 Å². The molecule has 0 unspecified atom stereocenters. The van der Waals surface area contributed by atoms with Crippen molar-refractivity contribution in [3.8, 4) is 0 Å².